The van der Waals surface area contributed by atoms with Crippen LogP contribution in [0.3, 0.4) is 0 Å². The number of Topliss-reactive ketones (excluding diaryl/α,β-unsaturated/α-hetero) is 1. The van der Waals surface area contributed by atoms with Crippen molar-refractivity contribution in [1.82, 2.24) is 5.32 Å². The fourth-order valence-electron chi connectivity index (χ4n) is 1.68. The minimum Gasteiger partial charge on any atom is -0.492 e. The number of carbonyl (C=O) groups excluding carboxylic acids is 2. The van der Waals surface area contributed by atoms with E-state index >= 15 is 0 Å². The second-order valence-corrected chi connectivity index (χ2v) is 5.55. The van der Waals surface area contributed by atoms with Crippen LogP contribution in [-0.2, 0) is 4.79 Å². The molecule has 102 valence electrons. The van der Waals surface area contributed by atoms with Gasteiger partial charge in [0.2, 0.25) is 5.91 Å². The minimum atomic E-state index is -0.0567. The topological polar surface area (TPSA) is 55.4 Å². The molecule has 0 bridgehead atoms. The molecule has 0 spiro atoms. The first-order valence-electron chi connectivity index (χ1n) is 6.29. The van der Waals surface area contributed by atoms with Gasteiger partial charge in [-0.15, -0.1) is 0 Å². The lowest BCUT2D eigenvalue weighted by atomic mass is 10.1. The van der Waals surface area contributed by atoms with Gasteiger partial charge in [-0.3, -0.25) is 9.59 Å². The zero-order valence-corrected chi connectivity index (χ0v) is 12.3. The van der Waals surface area contributed by atoms with Crippen LogP contribution in [0.1, 0.15) is 36.5 Å². The molecule has 2 rings (SSSR count). The molecule has 1 aromatic rings. The Morgan fingerprint density at radius 3 is 2.79 bits per heavy atom. The molecule has 5 heteroatoms. The number of ether oxygens (including phenoxy) is 1. The summed E-state index contributed by atoms with van der Waals surface area (Å²) in [4.78, 5) is 23.0. The standard InChI is InChI=1S/C14H16BrNO3/c1-9(17)12-8-10(15)2-5-13(12)19-7-6-14(18)16-11-3-4-11/h2,5,8,11H,3-4,6-7H2,1H3,(H,16,18). The van der Waals surface area contributed by atoms with E-state index in [2.05, 4.69) is 21.2 Å². The van der Waals surface area contributed by atoms with Crippen molar-refractivity contribution < 1.29 is 14.3 Å². The molecule has 1 N–H and O–H groups in total. The molecule has 0 unspecified atom stereocenters. The van der Waals surface area contributed by atoms with E-state index in [-0.39, 0.29) is 18.3 Å². The first kappa shape index (κ1) is 14.1. The van der Waals surface area contributed by atoms with E-state index in [9.17, 15) is 9.59 Å². The van der Waals surface area contributed by atoms with Crippen LogP contribution in [-0.4, -0.2) is 24.3 Å². The van der Waals surface area contributed by atoms with Crippen LogP contribution in [0.4, 0.5) is 0 Å². The third-order valence-electron chi connectivity index (χ3n) is 2.85. The van der Waals surface area contributed by atoms with Gasteiger partial charge in [0.25, 0.3) is 0 Å². The normalized spacial score (nSPS) is 14.0. The quantitative estimate of drug-likeness (QED) is 0.818. The lowest BCUT2D eigenvalue weighted by molar-refractivity contribution is -0.121. The second-order valence-electron chi connectivity index (χ2n) is 4.64. The number of rotatable bonds is 6. The van der Waals surface area contributed by atoms with Crippen molar-refractivity contribution >= 4 is 27.6 Å². The smallest absolute Gasteiger partial charge is 0.223 e. The van der Waals surface area contributed by atoms with Gasteiger partial charge in [0.15, 0.2) is 5.78 Å². The predicted octanol–water partition coefficient (Wildman–Crippen LogP) is 2.70. The van der Waals surface area contributed by atoms with Crippen LogP contribution in [0.5, 0.6) is 5.75 Å². The maximum Gasteiger partial charge on any atom is 0.223 e. The Labute approximate surface area is 120 Å². The molecule has 0 aliphatic heterocycles. The Balaban J connectivity index is 1.87. The largest absolute Gasteiger partial charge is 0.492 e. The Morgan fingerprint density at radius 2 is 2.16 bits per heavy atom. The van der Waals surface area contributed by atoms with Crippen LogP contribution in [0.2, 0.25) is 0 Å². The highest BCUT2D eigenvalue weighted by atomic mass is 79.9. The second kappa shape index (κ2) is 6.19. The molecule has 4 nitrogen and oxygen atoms in total. The van der Waals surface area contributed by atoms with Gasteiger partial charge in [-0.1, -0.05) is 15.9 Å². The number of hydrogen-bond acceptors (Lipinski definition) is 3. The van der Waals surface area contributed by atoms with Gasteiger partial charge in [-0.25, -0.2) is 0 Å². The highest BCUT2D eigenvalue weighted by molar-refractivity contribution is 9.10. The number of benzene rings is 1. The third-order valence-corrected chi connectivity index (χ3v) is 3.34. The van der Waals surface area contributed by atoms with Gasteiger partial charge in [0, 0.05) is 10.5 Å². The highest BCUT2D eigenvalue weighted by Crippen LogP contribution is 2.24. The summed E-state index contributed by atoms with van der Waals surface area (Å²) < 4.78 is 6.35. The average Bonchev–Trinajstić information content (AvgIpc) is 3.14. The minimum absolute atomic E-state index is 0.00369. The van der Waals surface area contributed by atoms with Crippen LogP contribution in [0.15, 0.2) is 22.7 Å². The van der Waals surface area contributed by atoms with Gasteiger partial charge in [-0.05, 0) is 38.0 Å². The molecule has 0 heterocycles. The van der Waals surface area contributed by atoms with E-state index in [1.807, 2.05) is 6.07 Å². The van der Waals surface area contributed by atoms with Crippen LogP contribution in [0.25, 0.3) is 0 Å². The highest BCUT2D eigenvalue weighted by Gasteiger charge is 2.22. The molecular formula is C14H16BrNO3. The van der Waals surface area contributed by atoms with Crippen molar-refractivity contribution in [2.45, 2.75) is 32.2 Å². The molecule has 19 heavy (non-hydrogen) atoms. The molecule has 1 aliphatic carbocycles. The van der Waals surface area contributed by atoms with Crippen LogP contribution in [0, 0.1) is 0 Å². The summed E-state index contributed by atoms with van der Waals surface area (Å²) >= 11 is 3.32. The number of hydrogen-bond donors (Lipinski definition) is 1. The monoisotopic (exact) mass is 325 g/mol. The van der Waals surface area contributed by atoms with Crippen molar-refractivity contribution in [3.63, 3.8) is 0 Å². The molecule has 0 atom stereocenters. The summed E-state index contributed by atoms with van der Waals surface area (Å²) in [6, 6.07) is 5.64. The van der Waals surface area contributed by atoms with E-state index in [1.54, 1.807) is 12.1 Å². The van der Waals surface area contributed by atoms with E-state index in [0.29, 0.717) is 23.8 Å². The SMILES string of the molecule is CC(=O)c1cc(Br)ccc1OCCC(=O)NC1CC1. The maximum atomic E-state index is 11.5. The van der Waals surface area contributed by atoms with Gasteiger partial charge < -0.3 is 10.1 Å². The molecule has 1 saturated carbocycles. The summed E-state index contributed by atoms with van der Waals surface area (Å²) in [6.45, 7) is 1.77. The van der Waals surface area contributed by atoms with Gasteiger partial charge in [-0.2, -0.15) is 0 Å². The van der Waals surface area contributed by atoms with E-state index in [1.165, 1.54) is 6.92 Å². The molecule has 1 amide bonds. The van der Waals surface area contributed by atoms with E-state index < -0.39 is 0 Å². The maximum absolute atomic E-state index is 11.5. The summed E-state index contributed by atoms with van der Waals surface area (Å²) in [5.74, 6) is 0.470. The Morgan fingerprint density at radius 1 is 1.42 bits per heavy atom. The molecule has 0 aromatic heterocycles. The molecule has 1 fully saturated rings. The van der Waals surface area contributed by atoms with E-state index in [0.717, 1.165) is 17.3 Å². The number of halogens is 1. The number of nitrogens with one attached hydrogen (secondary N) is 1. The van der Waals surface area contributed by atoms with Crippen LogP contribution >= 0.6 is 15.9 Å². The summed E-state index contributed by atoms with van der Waals surface area (Å²) in [6.07, 6.45) is 2.46. The van der Waals surface area contributed by atoms with Crippen molar-refractivity contribution in [3.8, 4) is 5.75 Å². The summed E-state index contributed by atoms with van der Waals surface area (Å²) in [5, 5.41) is 2.89. The lowest BCUT2D eigenvalue weighted by Gasteiger charge is -2.10. The Kier molecular flexibility index (Phi) is 4.58. The fourth-order valence-corrected chi connectivity index (χ4v) is 2.05. The molecule has 0 saturated heterocycles. The van der Waals surface area contributed by atoms with E-state index in [4.69, 9.17) is 4.74 Å². The molecular weight excluding hydrogens is 310 g/mol. The summed E-state index contributed by atoms with van der Waals surface area (Å²) in [5.41, 5.74) is 0.525. The predicted molar refractivity (Wildman–Crippen MR) is 75.4 cm³/mol. The van der Waals surface area contributed by atoms with Gasteiger partial charge in [0.05, 0.1) is 18.6 Å². The molecule has 1 aromatic carbocycles. The van der Waals surface area contributed by atoms with Crippen molar-refractivity contribution in [3.05, 3.63) is 28.2 Å². The number of ketones is 1. The number of amides is 1. The van der Waals surface area contributed by atoms with Crippen molar-refractivity contribution in [1.29, 1.82) is 0 Å². The van der Waals surface area contributed by atoms with Gasteiger partial charge in [0.1, 0.15) is 5.75 Å². The van der Waals surface area contributed by atoms with Crippen molar-refractivity contribution in [2.24, 2.45) is 0 Å². The number of carbonyl (C=O) groups is 2. The Hall–Kier alpha value is -1.36. The Bertz CT molecular complexity index is 497. The zero-order valence-electron chi connectivity index (χ0n) is 10.7. The average molecular weight is 326 g/mol. The first-order chi connectivity index (χ1) is 9.06. The molecule has 0 radical (unpaired) electrons. The fraction of sp³-hybridized carbons (Fsp3) is 0.429. The van der Waals surface area contributed by atoms with Crippen LogP contribution < -0.4 is 10.1 Å². The van der Waals surface area contributed by atoms with Gasteiger partial charge >= 0.3 is 0 Å². The third kappa shape index (κ3) is 4.35. The summed E-state index contributed by atoms with van der Waals surface area (Å²) in [7, 11) is 0. The zero-order chi connectivity index (χ0) is 13.8. The van der Waals surface area contributed by atoms with Crippen molar-refractivity contribution in [2.75, 3.05) is 6.61 Å². The lowest BCUT2D eigenvalue weighted by Crippen LogP contribution is -2.26. The molecule has 1 aliphatic rings. The first-order valence-corrected chi connectivity index (χ1v) is 7.08.